The van der Waals surface area contributed by atoms with Gasteiger partial charge in [0.15, 0.2) is 5.69 Å². The Morgan fingerprint density at radius 2 is 2.24 bits per heavy atom. The van der Waals surface area contributed by atoms with E-state index in [1.807, 2.05) is 0 Å². The third-order valence-corrected chi connectivity index (χ3v) is 2.29. The van der Waals surface area contributed by atoms with Crippen LogP contribution in [0.5, 0.6) is 0 Å². The topological polar surface area (TPSA) is 64.1 Å². The SMILES string of the molecule is COC(=O)c1cncc(NCCCC(C)C)n1. The van der Waals surface area contributed by atoms with Crippen LogP contribution in [0.4, 0.5) is 5.82 Å². The van der Waals surface area contributed by atoms with Crippen LogP contribution in [0.25, 0.3) is 0 Å². The Kier molecular flexibility index (Phi) is 5.39. The van der Waals surface area contributed by atoms with Crippen molar-refractivity contribution >= 4 is 11.8 Å². The third kappa shape index (κ3) is 4.80. The average Bonchev–Trinajstić information content (AvgIpc) is 2.34. The summed E-state index contributed by atoms with van der Waals surface area (Å²) < 4.78 is 4.58. The van der Waals surface area contributed by atoms with Crippen LogP contribution in [0.2, 0.25) is 0 Å². The van der Waals surface area contributed by atoms with Gasteiger partial charge in [-0.2, -0.15) is 0 Å². The lowest BCUT2D eigenvalue weighted by Crippen LogP contribution is -2.09. The van der Waals surface area contributed by atoms with Crippen LogP contribution in [0, 0.1) is 5.92 Å². The molecule has 0 spiro atoms. The lowest BCUT2D eigenvalue weighted by Gasteiger charge is -2.07. The van der Waals surface area contributed by atoms with Gasteiger partial charge in [0.1, 0.15) is 5.82 Å². The molecule has 0 unspecified atom stereocenters. The zero-order valence-electron chi connectivity index (χ0n) is 10.6. The Bertz CT molecular complexity index is 367. The van der Waals surface area contributed by atoms with E-state index in [0.717, 1.165) is 19.4 Å². The first-order chi connectivity index (χ1) is 8.13. The van der Waals surface area contributed by atoms with Crippen molar-refractivity contribution in [2.45, 2.75) is 26.7 Å². The highest BCUT2D eigenvalue weighted by atomic mass is 16.5. The number of carbonyl (C=O) groups is 1. The van der Waals surface area contributed by atoms with Gasteiger partial charge in [0, 0.05) is 6.54 Å². The maximum atomic E-state index is 11.2. The highest BCUT2D eigenvalue weighted by molar-refractivity contribution is 5.87. The Balaban J connectivity index is 2.46. The van der Waals surface area contributed by atoms with E-state index in [0.29, 0.717) is 11.7 Å². The summed E-state index contributed by atoms with van der Waals surface area (Å²) in [6.45, 7) is 5.22. The zero-order valence-corrected chi connectivity index (χ0v) is 10.6. The van der Waals surface area contributed by atoms with Crippen molar-refractivity contribution in [2.24, 2.45) is 5.92 Å². The van der Waals surface area contributed by atoms with Gasteiger partial charge in [-0.1, -0.05) is 13.8 Å². The number of carbonyl (C=O) groups excluding carboxylic acids is 1. The van der Waals surface area contributed by atoms with E-state index in [4.69, 9.17) is 0 Å². The minimum atomic E-state index is -0.469. The van der Waals surface area contributed by atoms with Crippen LogP contribution < -0.4 is 5.32 Å². The van der Waals surface area contributed by atoms with Gasteiger partial charge in [-0.25, -0.2) is 9.78 Å². The van der Waals surface area contributed by atoms with Gasteiger partial charge in [-0.15, -0.1) is 0 Å². The number of rotatable bonds is 6. The molecule has 1 heterocycles. The summed E-state index contributed by atoms with van der Waals surface area (Å²) in [4.78, 5) is 19.3. The Hall–Kier alpha value is -1.65. The van der Waals surface area contributed by atoms with Gasteiger partial charge in [-0.3, -0.25) is 4.98 Å². The molecule has 5 nitrogen and oxygen atoms in total. The van der Waals surface area contributed by atoms with Crippen molar-refractivity contribution in [1.82, 2.24) is 9.97 Å². The Morgan fingerprint density at radius 3 is 2.88 bits per heavy atom. The van der Waals surface area contributed by atoms with Crippen LogP contribution in [-0.2, 0) is 4.74 Å². The van der Waals surface area contributed by atoms with E-state index in [1.54, 1.807) is 6.20 Å². The van der Waals surface area contributed by atoms with Crippen molar-refractivity contribution in [3.8, 4) is 0 Å². The van der Waals surface area contributed by atoms with Gasteiger partial charge < -0.3 is 10.1 Å². The first kappa shape index (κ1) is 13.4. The van der Waals surface area contributed by atoms with Gasteiger partial charge in [0.2, 0.25) is 0 Å². The highest BCUT2D eigenvalue weighted by Crippen LogP contribution is 2.06. The van der Waals surface area contributed by atoms with Crippen LogP contribution in [0.15, 0.2) is 12.4 Å². The largest absolute Gasteiger partial charge is 0.464 e. The van der Waals surface area contributed by atoms with E-state index in [2.05, 4.69) is 33.9 Å². The molecule has 0 aliphatic carbocycles. The molecule has 1 aromatic heterocycles. The van der Waals surface area contributed by atoms with Crippen LogP contribution in [-0.4, -0.2) is 29.6 Å². The number of esters is 1. The molecule has 1 N–H and O–H groups in total. The molecule has 1 rings (SSSR count). The maximum absolute atomic E-state index is 11.2. The summed E-state index contributed by atoms with van der Waals surface area (Å²) in [5.74, 6) is 0.837. The maximum Gasteiger partial charge on any atom is 0.358 e. The Labute approximate surface area is 102 Å². The molecule has 0 saturated heterocycles. The second kappa shape index (κ2) is 6.83. The van der Waals surface area contributed by atoms with E-state index in [-0.39, 0.29) is 5.69 Å². The summed E-state index contributed by atoms with van der Waals surface area (Å²) in [5.41, 5.74) is 0.223. The van der Waals surface area contributed by atoms with Gasteiger partial charge >= 0.3 is 5.97 Å². The second-order valence-corrected chi connectivity index (χ2v) is 4.24. The fourth-order valence-electron chi connectivity index (χ4n) is 1.38. The minimum Gasteiger partial charge on any atom is -0.464 e. The number of hydrogen-bond acceptors (Lipinski definition) is 5. The van der Waals surface area contributed by atoms with Crippen LogP contribution in [0.3, 0.4) is 0 Å². The molecule has 94 valence electrons. The number of methoxy groups -OCH3 is 1. The summed E-state index contributed by atoms with van der Waals surface area (Å²) >= 11 is 0. The summed E-state index contributed by atoms with van der Waals surface area (Å²) in [6, 6.07) is 0. The smallest absolute Gasteiger partial charge is 0.358 e. The lowest BCUT2D eigenvalue weighted by atomic mass is 10.1. The number of aromatic nitrogens is 2. The van der Waals surface area contributed by atoms with Crippen molar-refractivity contribution in [3.05, 3.63) is 18.1 Å². The van der Waals surface area contributed by atoms with Crippen LogP contribution in [0.1, 0.15) is 37.2 Å². The second-order valence-electron chi connectivity index (χ2n) is 4.24. The Morgan fingerprint density at radius 1 is 1.47 bits per heavy atom. The number of nitrogens with zero attached hydrogens (tertiary/aromatic N) is 2. The van der Waals surface area contributed by atoms with Gasteiger partial charge in [-0.05, 0) is 18.8 Å². The molecule has 0 atom stereocenters. The molecule has 17 heavy (non-hydrogen) atoms. The molecule has 0 saturated carbocycles. The highest BCUT2D eigenvalue weighted by Gasteiger charge is 2.07. The fourth-order valence-corrected chi connectivity index (χ4v) is 1.38. The van der Waals surface area contributed by atoms with Crippen molar-refractivity contribution in [2.75, 3.05) is 19.0 Å². The van der Waals surface area contributed by atoms with Crippen molar-refractivity contribution in [1.29, 1.82) is 0 Å². The van der Waals surface area contributed by atoms with Gasteiger partial charge in [0.25, 0.3) is 0 Å². The quantitative estimate of drug-likeness (QED) is 0.606. The molecular weight excluding hydrogens is 218 g/mol. The first-order valence-corrected chi connectivity index (χ1v) is 5.77. The van der Waals surface area contributed by atoms with Crippen molar-refractivity contribution in [3.63, 3.8) is 0 Å². The molecule has 0 fully saturated rings. The molecule has 1 aromatic rings. The van der Waals surface area contributed by atoms with E-state index in [9.17, 15) is 4.79 Å². The predicted molar refractivity (Wildman–Crippen MR) is 65.9 cm³/mol. The molecule has 0 aromatic carbocycles. The molecule has 5 heteroatoms. The monoisotopic (exact) mass is 237 g/mol. The third-order valence-electron chi connectivity index (χ3n) is 2.29. The van der Waals surface area contributed by atoms with Crippen LogP contribution >= 0.6 is 0 Å². The summed E-state index contributed by atoms with van der Waals surface area (Å²) in [7, 11) is 1.33. The number of hydrogen-bond donors (Lipinski definition) is 1. The predicted octanol–water partition coefficient (Wildman–Crippen LogP) is 2.11. The van der Waals surface area contributed by atoms with E-state index >= 15 is 0 Å². The first-order valence-electron chi connectivity index (χ1n) is 5.77. The molecule has 0 aliphatic rings. The lowest BCUT2D eigenvalue weighted by molar-refractivity contribution is 0.0593. The number of nitrogens with one attached hydrogen (secondary N) is 1. The standard InChI is InChI=1S/C12H19N3O2/c1-9(2)5-4-6-14-11-8-13-7-10(15-11)12(16)17-3/h7-9H,4-6H2,1-3H3,(H,14,15). The summed E-state index contributed by atoms with van der Waals surface area (Å²) in [5, 5.41) is 3.14. The minimum absolute atomic E-state index is 0.223. The normalized spacial score (nSPS) is 10.4. The zero-order chi connectivity index (χ0) is 12.7. The molecular formula is C12H19N3O2. The van der Waals surface area contributed by atoms with E-state index < -0.39 is 5.97 Å². The number of ether oxygens (including phenoxy) is 1. The number of anilines is 1. The molecule has 0 amide bonds. The molecule has 0 radical (unpaired) electrons. The van der Waals surface area contributed by atoms with E-state index in [1.165, 1.54) is 13.3 Å². The van der Waals surface area contributed by atoms with Gasteiger partial charge in [0.05, 0.1) is 19.5 Å². The molecule has 0 aliphatic heterocycles. The van der Waals surface area contributed by atoms with Crippen molar-refractivity contribution < 1.29 is 9.53 Å². The average molecular weight is 237 g/mol. The summed E-state index contributed by atoms with van der Waals surface area (Å²) in [6.07, 6.45) is 5.23. The molecule has 0 bridgehead atoms. The fraction of sp³-hybridized carbons (Fsp3) is 0.583.